The number of aliphatic hydroxyl groups excluding tert-OH is 1. The van der Waals surface area contributed by atoms with Crippen molar-refractivity contribution < 1.29 is 5.11 Å². The molecule has 112 valence electrons. The largest absolute Gasteiger partial charge is 0.395 e. The molecule has 0 atom stereocenters. The van der Waals surface area contributed by atoms with E-state index < -0.39 is 0 Å². The third kappa shape index (κ3) is 5.49. The molecule has 1 rings (SSSR count). The number of aromatic nitrogens is 1. The first-order valence-corrected chi connectivity index (χ1v) is 7.12. The molecule has 1 aromatic rings. The Morgan fingerprint density at radius 1 is 1.45 bits per heavy atom. The lowest BCUT2D eigenvalue weighted by atomic mass is 10.1. The Balaban J connectivity index is 2.91. The van der Waals surface area contributed by atoms with Gasteiger partial charge in [-0.3, -0.25) is 0 Å². The third-order valence-corrected chi connectivity index (χ3v) is 3.08. The zero-order valence-electron chi connectivity index (χ0n) is 12.5. The van der Waals surface area contributed by atoms with Gasteiger partial charge in [0.2, 0.25) is 0 Å². The van der Waals surface area contributed by atoms with Crippen molar-refractivity contribution in [3.8, 4) is 0 Å². The van der Waals surface area contributed by atoms with E-state index in [1.807, 2.05) is 17.0 Å². The quantitative estimate of drug-likeness (QED) is 0.760. The fourth-order valence-electron chi connectivity index (χ4n) is 1.70. The van der Waals surface area contributed by atoms with Crippen LogP contribution in [0.15, 0.2) is 24.8 Å². The molecule has 0 amide bonds. The second-order valence-corrected chi connectivity index (χ2v) is 6.07. The summed E-state index contributed by atoms with van der Waals surface area (Å²) in [4.78, 5) is 6.55. The molecule has 0 aliphatic heterocycles. The maximum Gasteiger partial charge on any atom is 0.129 e. The van der Waals surface area contributed by atoms with Crippen LogP contribution in [0, 0.1) is 0 Å². The van der Waals surface area contributed by atoms with E-state index in [-0.39, 0.29) is 12.1 Å². The molecular formula is C15H24ClN3O. The lowest BCUT2D eigenvalue weighted by Crippen LogP contribution is -2.35. The smallest absolute Gasteiger partial charge is 0.129 e. The second-order valence-electron chi connectivity index (χ2n) is 5.66. The maximum absolute atomic E-state index is 9.12. The molecule has 0 radical (unpaired) electrons. The van der Waals surface area contributed by atoms with Gasteiger partial charge >= 0.3 is 0 Å². The standard InChI is InChI=1S/C15H24ClN3O/c1-5-8-19(9-10-20)14-7-6-12(16)13(18-14)11-17-15(2,3)4/h5-7,17,20H,1,8-11H2,2-4H3. The number of rotatable bonds is 7. The van der Waals surface area contributed by atoms with Crippen molar-refractivity contribution in [3.05, 3.63) is 35.5 Å². The minimum atomic E-state index is 0.00686. The molecular weight excluding hydrogens is 274 g/mol. The number of halogens is 1. The topological polar surface area (TPSA) is 48.4 Å². The maximum atomic E-state index is 9.12. The lowest BCUT2D eigenvalue weighted by molar-refractivity contribution is 0.302. The predicted octanol–water partition coefficient (Wildman–Crippen LogP) is 2.61. The summed E-state index contributed by atoms with van der Waals surface area (Å²) in [6, 6.07) is 3.71. The average Bonchev–Trinajstić information content (AvgIpc) is 2.36. The molecule has 0 unspecified atom stereocenters. The van der Waals surface area contributed by atoms with Crippen LogP contribution in [0.25, 0.3) is 0 Å². The highest BCUT2D eigenvalue weighted by molar-refractivity contribution is 6.31. The molecule has 20 heavy (non-hydrogen) atoms. The molecule has 0 saturated heterocycles. The minimum Gasteiger partial charge on any atom is -0.395 e. The number of nitrogens with zero attached hydrogens (tertiary/aromatic N) is 2. The molecule has 0 fully saturated rings. The van der Waals surface area contributed by atoms with E-state index in [0.29, 0.717) is 24.7 Å². The normalized spacial score (nSPS) is 11.4. The van der Waals surface area contributed by atoms with Crippen LogP contribution in [-0.2, 0) is 6.54 Å². The van der Waals surface area contributed by atoms with Crippen LogP contribution in [0.3, 0.4) is 0 Å². The Bertz CT molecular complexity index is 443. The first kappa shape index (κ1) is 17.0. The van der Waals surface area contributed by atoms with Crippen molar-refractivity contribution in [1.29, 1.82) is 0 Å². The average molecular weight is 298 g/mol. The van der Waals surface area contributed by atoms with Gasteiger partial charge in [-0.1, -0.05) is 17.7 Å². The number of pyridine rings is 1. The molecule has 0 spiro atoms. The molecule has 1 heterocycles. The van der Waals surface area contributed by atoms with E-state index in [4.69, 9.17) is 16.7 Å². The van der Waals surface area contributed by atoms with E-state index in [2.05, 4.69) is 37.7 Å². The first-order valence-electron chi connectivity index (χ1n) is 6.74. The second kappa shape index (κ2) is 7.62. The molecule has 0 aromatic carbocycles. The van der Waals surface area contributed by atoms with Crippen LogP contribution in [0.5, 0.6) is 0 Å². The Morgan fingerprint density at radius 2 is 2.15 bits per heavy atom. The third-order valence-electron chi connectivity index (χ3n) is 2.73. The lowest BCUT2D eigenvalue weighted by Gasteiger charge is -2.23. The first-order chi connectivity index (χ1) is 9.37. The van der Waals surface area contributed by atoms with Crippen LogP contribution in [0.4, 0.5) is 5.82 Å². The predicted molar refractivity (Wildman–Crippen MR) is 85.3 cm³/mol. The highest BCUT2D eigenvalue weighted by Gasteiger charge is 2.13. The van der Waals surface area contributed by atoms with Gasteiger partial charge < -0.3 is 15.3 Å². The summed E-state index contributed by atoms with van der Waals surface area (Å²) in [5.41, 5.74) is 0.818. The summed E-state index contributed by atoms with van der Waals surface area (Å²) < 4.78 is 0. The van der Waals surface area contributed by atoms with Crippen LogP contribution in [0.1, 0.15) is 26.5 Å². The Hall–Kier alpha value is -1.10. The van der Waals surface area contributed by atoms with Gasteiger partial charge in [0.25, 0.3) is 0 Å². The van der Waals surface area contributed by atoms with Crippen LogP contribution in [0.2, 0.25) is 5.02 Å². The summed E-state index contributed by atoms with van der Waals surface area (Å²) in [6.45, 7) is 11.9. The summed E-state index contributed by atoms with van der Waals surface area (Å²) >= 11 is 6.19. The van der Waals surface area contributed by atoms with Gasteiger partial charge in [-0.2, -0.15) is 0 Å². The number of hydrogen-bond acceptors (Lipinski definition) is 4. The summed E-state index contributed by atoms with van der Waals surface area (Å²) in [5, 5.41) is 13.1. The van der Waals surface area contributed by atoms with Gasteiger partial charge in [-0.25, -0.2) is 4.98 Å². The number of hydrogen-bond donors (Lipinski definition) is 2. The van der Waals surface area contributed by atoms with Crippen molar-refractivity contribution >= 4 is 17.4 Å². The van der Waals surface area contributed by atoms with Crippen molar-refractivity contribution in [2.75, 3.05) is 24.6 Å². The Morgan fingerprint density at radius 3 is 2.70 bits per heavy atom. The molecule has 0 bridgehead atoms. The minimum absolute atomic E-state index is 0.00686. The fourth-order valence-corrected chi connectivity index (χ4v) is 1.87. The van der Waals surface area contributed by atoms with E-state index in [0.717, 1.165) is 11.5 Å². The molecule has 4 nitrogen and oxygen atoms in total. The van der Waals surface area contributed by atoms with E-state index in [9.17, 15) is 0 Å². The molecule has 0 aliphatic rings. The van der Waals surface area contributed by atoms with Crippen molar-refractivity contribution in [3.63, 3.8) is 0 Å². The zero-order valence-corrected chi connectivity index (χ0v) is 13.2. The van der Waals surface area contributed by atoms with Crippen molar-refractivity contribution in [1.82, 2.24) is 10.3 Å². The monoisotopic (exact) mass is 297 g/mol. The number of aliphatic hydroxyl groups is 1. The van der Waals surface area contributed by atoms with Crippen LogP contribution >= 0.6 is 11.6 Å². The molecule has 2 N–H and O–H groups in total. The SMILES string of the molecule is C=CCN(CCO)c1ccc(Cl)c(CNC(C)(C)C)n1. The number of nitrogens with one attached hydrogen (secondary N) is 1. The van der Waals surface area contributed by atoms with Crippen LogP contribution in [-0.4, -0.2) is 35.3 Å². The van der Waals surface area contributed by atoms with Crippen molar-refractivity contribution in [2.24, 2.45) is 0 Å². The van der Waals surface area contributed by atoms with E-state index in [1.165, 1.54) is 0 Å². The van der Waals surface area contributed by atoms with Gasteiger partial charge in [-0.05, 0) is 32.9 Å². The van der Waals surface area contributed by atoms with E-state index >= 15 is 0 Å². The van der Waals surface area contributed by atoms with Gasteiger partial charge in [0.1, 0.15) is 5.82 Å². The van der Waals surface area contributed by atoms with Gasteiger partial charge in [0, 0.05) is 25.2 Å². The molecule has 5 heteroatoms. The molecule has 0 aliphatic carbocycles. The summed E-state index contributed by atoms with van der Waals surface area (Å²) in [6.07, 6.45) is 1.79. The zero-order chi connectivity index (χ0) is 15.2. The summed E-state index contributed by atoms with van der Waals surface area (Å²) in [7, 11) is 0. The fraction of sp³-hybridized carbons (Fsp3) is 0.533. The summed E-state index contributed by atoms with van der Waals surface area (Å²) in [5.74, 6) is 0.800. The highest BCUT2D eigenvalue weighted by Crippen LogP contribution is 2.20. The molecule has 0 saturated carbocycles. The van der Waals surface area contributed by atoms with E-state index in [1.54, 1.807) is 6.08 Å². The van der Waals surface area contributed by atoms with Gasteiger partial charge in [-0.15, -0.1) is 6.58 Å². The van der Waals surface area contributed by atoms with Gasteiger partial charge in [0.15, 0.2) is 0 Å². The molecule has 1 aromatic heterocycles. The Labute approximate surface area is 126 Å². The van der Waals surface area contributed by atoms with Crippen LogP contribution < -0.4 is 10.2 Å². The highest BCUT2D eigenvalue weighted by atomic mass is 35.5. The van der Waals surface area contributed by atoms with Crippen molar-refractivity contribution in [2.45, 2.75) is 32.9 Å². The number of anilines is 1. The van der Waals surface area contributed by atoms with Gasteiger partial charge in [0.05, 0.1) is 17.3 Å². The Kier molecular flexibility index (Phi) is 6.46.